The van der Waals surface area contributed by atoms with Crippen molar-refractivity contribution in [2.75, 3.05) is 19.8 Å². The molecule has 0 saturated heterocycles. The Morgan fingerprint density at radius 3 is 2.19 bits per heavy atom. The summed E-state index contributed by atoms with van der Waals surface area (Å²) in [5.74, 6) is 1.39. The average molecular weight is 538 g/mol. The Balaban J connectivity index is 2.25. The van der Waals surface area contributed by atoms with Crippen molar-refractivity contribution in [3.63, 3.8) is 0 Å². The second-order valence-corrected chi connectivity index (χ2v) is 9.79. The molecule has 0 bridgehead atoms. The van der Waals surface area contributed by atoms with Crippen LogP contribution in [0.4, 0.5) is 0 Å². The van der Waals surface area contributed by atoms with Crippen LogP contribution in [0.2, 0.25) is 10.0 Å². The Morgan fingerprint density at radius 1 is 0.917 bits per heavy atom. The number of benzene rings is 2. The maximum absolute atomic E-state index is 13.5. The van der Waals surface area contributed by atoms with Crippen molar-refractivity contribution in [2.24, 2.45) is 5.92 Å². The summed E-state index contributed by atoms with van der Waals surface area (Å²) in [5.41, 5.74) is 1.77. The number of nitrogens with zero attached hydrogens (tertiary/aromatic N) is 1. The quantitative estimate of drug-likeness (QED) is 0.307. The van der Waals surface area contributed by atoms with Crippen molar-refractivity contribution >= 4 is 35.0 Å². The summed E-state index contributed by atoms with van der Waals surface area (Å²) in [6.07, 6.45) is 1.25. The van der Waals surface area contributed by atoms with Gasteiger partial charge in [0.2, 0.25) is 11.8 Å². The number of nitrogens with one attached hydrogen (secondary N) is 1. The lowest BCUT2D eigenvalue weighted by Gasteiger charge is -2.31. The molecule has 0 aromatic heterocycles. The van der Waals surface area contributed by atoms with Gasteiger partial charge in [0, 0.05) is 19.5 Å². The highest BCUT2D eigenvalue weighted by Crippen LogP contribution is 2.29. The van der Waals surface area contributed by atoms with Crippen molar-refractivity contribution < 1.29 is 19.1 Å². The highest BCUT2D eigenvalue weighted by atomic mass is 35.5. The van der Waals surface area contributed by atoms with Crippen LogP contribution < -0.4 is 14.8 Å². The maximum Gasteiger partial charge on any atom is 0.242 e. The van der Waals surface area contributed by atoms with Crippen LogP contribution >= 0.6 is 23.2 Å². The van der Waals surface area contributed by atoms with Gasteiger partial charge >= 0.3 is 0 Å². The predicted octanol–water partition coefficient (Wildman–Crippen LogP) is 6.30. The standard InChI is InChI=1S/C28H38Cl2N2O4/c1-6-24(28(34)31-17-19(4)5)32(18-21-9-12-22(29)23(30)15-21)27(33)14-11-20-10-13-25(35-7-2)26(16-20)36-8-3/h9-10,12-13,15-16,19,24H,6-8,11,14,17-18H2,1-5H3,(H,31,34)/t24-/m0/s1. The first-order valence-electron chi connectivity index (χ1n) is 12.6. The number of hydrogen-bond acceptors (Lipinski definition) is 4. The first-order chi connectivity index (χ1) is 17.2. The first-order valence-corrected chi connectivity index (χ1v) is 13.3. The van der Waals surface area contributed by atoms with Gasteiger partial charge in [-0.15, -0.1) is 0 Å². The molecule has 198 valence electrons. The number of hydrogen-bond donors (Lipinski definition) is 1. The molecule has 6 nitrogen and oxygen atoms in total. The number of amides is 2. The Kier molecular flexibility index (Phi) is 12.4. The summed E-state index contributed by atoms with van der Waals surface area (Å²) in [6, 6.07) is 10.4. The highest BCUT2D eigenvalue weighted by Gasteiger charge is 2.28. The third-order valence-electron chi connectivity index (χ3n) is 5.64. The second-order valence-electron chi connectivity index (χ2n) is 8.98. The van der Waals surface area contributed by atoms with Gasteiger partial charge in [-0.25, -0.2) is 0 Å². The minimum atomic E-state index is -0.593. The average Bonchev–Trinajstić information content (AvgIpc) is 2.84. The number of aryl methyl sites for hydroxylation is 1. The molecule has 2 amide bonds. The smallest absolute Gasteiger partial charge is 0.242 e. The number of carbonyl (C=O) groups is 2. The minimum absolute atomic E-state index is 0.112. The van der Waals surface area contributed by atoms with Crippen LogP contribution in [0.5, 0.6) is 11.5 Å². The van der Waals surface area contributed by atoms with Crippen LogP contribution in [0, 0.1) is 5.92 Å². The molecule has 0 fully saturated rings. The molecule has 0 unspecified atom stereocenters. The Hall–Kier alpha value is -2.44. The highest BCUT2D eigenvalue weighted by molar-refractivity contribution is 6.42. The van der Waals surface area contributed by atoms with E-state index in [-0.39, 0.29) is 24.8 Å². The van der Waals surface area contributed by atoms with E-state index < -0.39 is 6.04 Å². The van der Waals surface area contributed by atoms with Crippen molar-refractivity contribution in [2.45, 2.75) is 66.5 Å². The van der Waals surface area contributed by atoms with E-state index in [1.807, 2.05) is 58.9 Å². The van der Waals surface area contributed by atoms with Crippen molar-refractivity contribution in [1.29, 1.82) is 0 Å². The van der Waals surface area contributed by atoms with Gasteiger partial charge in [0.05, 0.1) is 23.3 Å². The fourth-order valence-corrected chi connectivity index (χ4v) is 4.14. The summed E-state index contributed by atoms with van der Waals surface area (Å²) >= 11 is 12.3. The summed E-state index contributed by atoms with van der Waals surface area (Å²) in [4.78, 5) is 28.2. The van der Waals surface area contributed by atoms with Gasteiger partial charge < -0.3 is 19.7 Å². The molecular weight excluding hydrogens is 499 g/mol. The summed E-state index contributed by atoms with van der Waals surface area (Å²) in [7, 11) is 0. The van der Waals surface area contributed by atoms with E-state index in [4.69, 9.17) is 32.7 Å². The largest absolute Gasteiger partial charge is 0.490 e. The van der Waals surface area contributed by atoms with Gasteiger partial charge in [0.1, 0.15) is 6.04 Å². The zero-order valence-corrected chi connectivity index (χ0v) is 23.4. The van der Waals surface area contributed by atoms with E-state index >= 15 is 0 Å². The number of ether oxygens (including phenoxy) is 2. The SMILES string of the molecule is CCOc1ccc(CCC(=O)N(Cc2ccc(Cl)c(Cl)c2)[C@@H](CC)C(=O)NCC(C)C)cc1OCC. The van der Waals surface area contributed by atoms with Crippen LogP contribution in [0.25, 0.3) is 0 Å². The van der Waals surface area contributed by atoms with E-state index in [0.717, 1.165) is 11.1 Å². The van der Waals surface area contributed by atoms with E-state index in [1.54, 1.807) is 17.0 Å². The van der Waals surface area contributed by atoms with Crippen LogP contribution in [0.1, 0.15) is 58.6 Å². The fraction of sp³-hybridized carbons (Fsp3) is 0.500. The first kappa shape index (κ1) is 29.8. The van der Waals surface area contributed by atoms with Gasteiger partial charge in [0.25, 0.3) is 0 Å². The van der Waals surface area contributed by atoms with Gasteiger partial charge in [-0.3, -0.25) is 9.59 Å². The van der Waals surface area contributed by atoms with Gasteiger partial charge in [-0.1, -0.05) is 56.1 Å². The third kappa shape index (κ3) is 8.90. The molecule has 0 heterocycles. The topological polar surface area (TPSA) is 67.9 Å². The van der Waals surface area contributed by atoms with Gasteiger partial charge in [-0.2, -0.15) is 0 Å². The van der Waals surface area contributed by atoms with Crippen LogP contribution in [0.15, 0.2) is 36.4 Å². The Morgan fingerprint density at radius 2 is 1.58 bits per heavy atom. The third-order valence-corrected chi connectivity index (χ3v) is 6.38. The van der Waals surface area contributed by atoms with Crippen molar-refractivity contribution in [1.82, 2.24) is 10.2 Å². The molecule has 36 heavy (non-hydrogen) atoms. The monoisotopic (exact) mass is 536 g/mol. The molecule has 2 aromatic rings. The van der Waals surface area contributed by atoms with Crippen LogP contribution in [0.3, 0.4) is 0 Å². The summed E-state index contributed by atoms with van der Waals surface area (Å²) in [5, 5.41) is 3.84. The Labute approximate surface area is 225 Å². The molecule has 0 aliphatic heterocycles. The zero-order valence-electron chi connectivity index (χ0n) is 21.9. The fourth-order valence-electron chi connectivity index (χ4n) is 3.82. The molecule has 0 radical (unpaired) electrons. The minimum Gasteiger partial charge on any atom is -0.490 e. The molecule has 8 heteroatoms. The molecule has 1 N–H and O–H groups in total. The second kappa shape index (κ2) is 15.0. The van der Waals surface area contributed by atoms with Crippen molar-refractivity contribution in [3.8, 4) is 11.5 Å². The number of carbonyl (C=O) groups excluding carboxylic acids is 2. The van der Waals surface area contributed by atoms with Gasteiger partial charge in [-0.05, 0) is 68.0 Å². The van der Waals surface area contributed by atoms with Gasteiger partial charge in [0.15, 0.2) is 11.5 Å². The van der Waals surface area contributed by atoms with Crippen LogP contribution in [-0.4, -0.2) is 42.5 Å². The molecule has 1 atom stereocenters. The normalized spacial score (nSPS) is 11.8. The maximum atomic E-state index is 13.5. The predicted molar refractivity (Wildman–Crippen MR) is 146 cm³/mol. The number of halogens is 2. The molecule has 2 rings (SSSR count). The van der Waals surface area contributed by atoms with E-state index in [1.165, 1.54) is 0 Å². The van der Waals surface area contributed by atoms with E-state index in [2.05, 4.69) is 5.32 Å². The molecular formula is C28H38Cl2N2O4. The molecule has 0 aliphatic carbocycles. The summed E-state index contributed by atoms with van der Waals surface area (Å²) in [6.45, 7) is 11.7. The van der Waals surface area contributed by atoms with Crippen molar-refractivity contribution in [3.05, 3.63) is 57.6 Å². The van der Waals surface area contributed by atoms with E-state index in [9.17, 15) is 9.59 Å². The lowest BCUT2D eigenvalue weighted by Crippen LogP contribution is -2.49. The van der Waals surface area contributed by atoms with E-state index in [0.29, 0.717) is 60.1 Å². The lowest BCUT2D eigenvalue weighted by atomic mass is 10.1. The molecule has 0 aliphatic rings. The lowest BCUT2D eigenvalue weighted by molar-refractivity contribution is -0.141. The Bertz CT molecular complexity index is 1010. The number of rotatable bonds is 14. The molecule has 0 saturated carbocycles. The molecule has 0 spiro atoms. The molecule has 2 aromatic carbocycles. The summed E-state index contributed by atoms with van der Waals surface area (Å²) < 4.78 is 11.4. The zero-order chi connectivity index (χ0) is 26.7. The van der Waals surface area contributed by atoms with Crippen LogP contribution in [-0.2, 0) is 22.6 Å².